The number of hydrogen-bond acceptors (Lipinski definition) is 5. The lowest BCUT2D eigenvalue weighted by molar-refractivity contribution is -0.116. The van der Waals surface area contributed by atoms with Gasteiger partial charge in [-0.15, -0.1) is 22.7 Å². The Morgan fingerprint density at radius 3 is 2.79 bits per heavy atom. The molecule has 1 aromatic carbocycles. The van der Waals surface area contributed by atoms with Gasteiger partial charge in [-0.2, -0.15) is 0 Å². The molecule has 0 spiro atoms. The average Bonchev–Trinajstić information content (AvgIpc) is 3.25. The number of aromatic nitrogens is 1. The molecular weight excluding hydrogens is 412 g/mol. The molecule has 3 heterocycles. The maximum atomic E-state index is 12.5. The molecule has 0 saturated carbocycles. The zero-order valence-corrected chi connectivity index (χ0v) is 18.0. The van der Waals surface area contributed by atoms with E-state index in [0.717, 1.165) is 45.3 Å². The smallest absolute Gasteiger partial charge is 0.239 e. The van der Waals surface area contributed by atoms with Gasteiger partial charge in [0.2, 0.25) is 12.3 Å². The molecule has 0 radical (unpaired) electrons. The topological polar surface area (TPSA) is 45.2 Å². The van der Waals surface area contributed by atoms with Crippen molar-refractivity contribution in [1.82, 2.24) is 9.88 Å². The molecule has 1 amide bonds. The SMILES string of the molecule is CC(C)N1CCc2c(sc(NC(=O)CCC(F)F)c2-c2nc3ccccc3s2)C1. The number of amides is 1. The van der Waals surface area contributed by atoms with E-state index in [9.17, 15) is 13.6 Å². The summed E-state index contributed by atoms with van der Waals surface area (Å²) in [6.45, 7) is 6.15. The van der Waals surface area contributed by atoms with E-state index in [-0.39, 0.29) is 12.3 Å². The largest absolute Gasteiger partial charge is 0.317 e. The van der Waals surface area contributed by atoms with Gasteiger partial charge in [-0.1, -0.05) is 12.1 Å². The van der Waals surface area contributed by atoms with Crippen LogP contribution >= 0.6 is 22.7 Å². The highest BCUT2D eigenvalue weighted by Gasteiger charge is 2.28. The molecule has 1 aliphatic rings. The Labute approximate surface area is 176 Å². The van der Waals surface area contributed by atoms with E-state index >= 15 is 0 Å². The fraction of sp³-hybridized carbons (Fsp3) is 0.429. The molecule has 29 heavy (non-hydrogen) atoms. The van der Waals surface area contributed by atoms with E-state index in [1.807, 2.05) is 24.3 Å². The van der Waals surface area contributed by atoms with Crippen molar-refractivity contribution in [3.05, 3.63) is 34.7 Å². The molecule has 0 bridgehead atoms. The van der Waals surface area contributed by atoms with E-state index < -0.39 is 12.8 Å². The third-order valence-electron chi connectivity index (χ3n) is 5.17. The van der Waals surface area contributed by atoms with Gasteiger partial charge in [0, 0.05) is 42.4 Å². The number of carbonyl (C=O) groups excluding carboxylic acids is 1. The van der Waals surface area contributed by atoms with Crippen LogP contribution in [0.15, 0.2) is 24.3 Å². The van der Waals surface area contributed by atoms with Gasteiger partial charge in [0.15, 0.2) is 0 Å². The minimum atomic E-state index is -2.47. The van der Waals surface area contributed by atoms with E-state index in [2.05, 4.69) is 24.1 Å². The minimum Gasteiger partial charge on any atom is -0.317 e. The third-order valence-corrected chi connectivity index (χ3v) is 7.35. The first kappa shape index (κ1) is 20.4. The first-order valence-electron chi connectivity index (χ1n) is 9.75. The summed E-state index contributed by atoms with van der Waals surface area (Å²) in [6, 6.07) is 8.41. The van der Waals surface area contributed by atoms with Crippen LogP contribution < -0.4 is 5.32 Å². The van der Waals surface area contributed by atoms with E-state index in [4.69, 9.17) is 4.98 Å². The number of benzene rings is 1. The van der Waals surface area contributed by atoms with Crippen LogP contribution in [-0.2, 0) is 17.8 Å². The standard InChI is InChI=1S/C21H23F2N3OS2/c1-12(2)26-10-9-13-16(11-26)29-21(25-18(27)8-7-17(22)23)19(13)20-24-14-5-3-4-6-15(14)28-20/h3-6,12,17H,7-11H2,1-2H3,(H,25,27). The van der Waals surface area contributed by atoms with E-state index in [1.165, 1.54) is 10.4 Å². The van der Waals surface area contributed by atoms with Crippen LogP contribution in [0.1, 0.15) is 37.1 Å². The van der Waals surface area contributed by atoms with Crippen LogP contribution in [0, 0.1) is 0 Å². The summed E-state index contributed by atoms with van der Waals surface area (Å²) in [5, 5.41) is 4.52. The first-order chi connectivity index (χ1) is 13.9. The zero-order valence-electron chi connectivity index (χ0n) is 16.4. The molecule has 1 N–H and O–H groups in total. The van der Waals surface area contributed by atoms with Gasteiger partial charge in [0.1, 0.15) is 10.0 Å². The number of thiophene rings is 1. The third kappa shape index (κ3) is 4.34. The second-order valence-electron chi connectivity index (χ2n) is 7.49. The van der Waals surface area contributed by atoms with Gasteiger partial charge < -0.3 is 5.32 Å². The molecule has 3 aromatic rings. The molecule has 0 aliphatic carbocycles. The summed E-state index contributed by atoms with van der Waals surface area (Å²) in [4.78, 5) is 20.7. The lowest BCUT2D eigenvalue weighted by Crippen LogP contribution is -2.35. The quantitative estimate of drug-likeness (QED) is 0.534. The zero-order chi connectivity index (χ0) is 20.5. The number of alkyl halides is 2. The van der Waals surface area contributed by atoms with Crippen molar-refractivity contribution in [2.45, 2.75) is 52.1 Å². The summed E-state index contributed by atoms with van der Waals surface area (Å²) < 4.78 is 26.1. The maximum absolute atomic E-state index is 12.5. The van der Waals surface area contributed by atoms with Crippen molar-refractivity contribution in [2.75, 3.05) is 11.9 Å². The number of anilines is 1. The Kier molecular flexibility index (Phi) is 5.94. The highest BCUT2D eigenvalue weighted by molar-refractivity contribution is 7.22. The number of fused-ring (bicyclic) bond motifs is 2. The second-order valence-corrected chi connectivity index (χ2v) is 9.62. The second kappa shape index (κ2) is 8.45. The maximum Gasteiger partial charge on any atom is 0.239 e. The Balaban J connectivity index is 1.72. The van der Waals surface area contributed by atoms with Crippen LogP contribution in [0.5, 0.6) is 0 Å². The van der Waals surface area contributed by atoms with Gasteiger partial charge in [-0.25, -0.2) is 13.8 Å². The number of thiazole rings is 1. The molecule has 0 fully saturated rings. The molecule has 1 aliphatic heterocycles. The Morgan fingerprint density at radius 2 is 2.07 bits per heavy atom. The fourth-order valence-electron chi connectivity index (χ4n) is 3.59. The normalized spacial score (nSPS) is 14.7. The minimum absolute atomic E-state index is 0.183. The molecule has 8 heteroatoms. The van der Waals surface area contributed by atoms with Gasteiger partial charge in [0.05, 0.1) is 10.2 Å². The number of carbonyl (C=O) groups is 1. The molecule has 0 saturated heterocycles. The molecular formula is C21H23F2N3OS2. The van der Waals surface area contributed by atoms with Crippen molar-refractivity contribution in [3.8, 4) is 10.6 Å². The van der Waals surface area contributed by atoms with Gasteiger partial charge in [-0.3, -0.25) is 9.69 Å². The van der Waals surface area contributed by atoms with Gasteiger partial charge >= 0.3 is 0 Å². The van der Waals surface area contributed by atoms with Crippen molar-refractivity contribution in [1.29, 1.82) is 0 Å². The van der Waals surface area contributed by atoms with Crippen LogP contribution in [0.2, 0.25) is 0 Å². The highest BCUT2D eigenvalue weighted by Crippen LogP contribution is 2.45. The number of nitrogens with zero attached hydrogens (tertiary/aromatic N) is 2. The monoisotopic (exact) mass is 435 g/mol. The van der Waals surface area contributed by atoms with Gasteiger partial charge in [-0.05, 0) is 38.0 Å². The number of rotatable bonds is 6. The summed E-state index contributed by atoms with van der Waals surface area (Å²) >= 11 is 3.16. The van der Waals surface area contributed by atoms with Crippen LogP contribution in [0.3, 0.4) is 0 Å². The van der Waals surface area contributed by atoms with Crippen molar-refractivity contribution >= 4 is 43.8 Å². The Hall–Kier alpha value is -1.90. The van der Waals surface area contributed by atoms with Crippen molar-refractivity contribution in [2.24, 2.45) is 0 Å². The van der Waals surface area contributed by atoms with Crippen molar-refractivity contribution < 1.29 is 13.6 Å². The van der Waals surface area contributed by atoms with E-state index in [1.54, 1.807) is 22.7 Å². The molecule has 4 rings (SSSR count). The predicted octanol–water partition coefficient (Wildman–Crippen LogP) is 5.78. The molecule has 0 atom stereocenters. The lowest BCUT2D eigenvalue weighted by Gasteiger charge is -2.30. The molecule has 2 aromatic heterocycles. The summed E-state index contributed by atoms with van der Waals surface area (Å²) in [5.41, 5.74) is 3.14. The predicted molar refractivity (Wildman–Crippen MR) is 116 cm³/mol. The summed E-state index contributed by atoms with van der Waals surface area (Å²) in [5.74, 6) is -0.369. The summed E-state index contributed by atoms with van der Waals surface area (Å²) in [7, 11) is 0. The van der Waals surface area contributed by atoms with Crippen LogP contribution in [0.4, 0.5) is 13.8 Å². The van der Waals surface area contributed by atoms with Gasteiger partial charge in [0.25, 0.3) is 0 Å². The number of hydrogen-bond donors (Lipinski definition) is 1. The number of nitrogens with one attached hydrogen (secondary N) is 1. The van der Waals surface area contributed by atoms with Crippen LogP contribution in [-0.4, -0.2) is 34.8 Å². The average molecular weight is 436 g/mol. The molecule has 154 valence electrons. The first-order valence-corrected chi connectivity index (χ1v) is 11.4. The Morgan fingerprint density at radius 1 is 1.28 bits per heavy atom. The highest BCUT2D eigenvalue weighted by atomic mass is 32.1. The van der Waals surface area contributed by atoms with Crippen molar-refractivity contribution in [3.63, 3.8) is 0 Å². The number of halogens is 2. The Bertz CT molecular complexity index is 995. The molecule has 0 unspecified atom stereocenters. The lowest BCUT2D eigenvalue weighted by atomic mass is 10.0. The van der Waals surface area contributed by atoms with E-state index in [0.29, 0.717) is 6.04 Å². The van der Waals surface area contributed by atoms with Crippen LogP contribution in [0.25, 0.3) is 20.8 Å². The summed E-state index contributed by atoms with van der Waals surface area (Å²) in [6.07, 6.45) is -2.19. The number of para-hydroxylation sites is 1. The molecule has 4 nitrogen and oxygen atoms in total. The fourth-order valence-corrected chi connectivity index (χ4v) is 5.99.